The van der Waals surface area contributed by atoms with Crippen LogP contribution in [0.2, 0.25) is 0 Å². The van der Waals surface area contributed by atoms with Crippen molar-refractivity contribution >= 4 is 11.9 Å². The van der Waals surface area contributed by atoms with E-state index in [9.17, 15) is 9.59 Å². The molecule has 5 heteroatoms. The molecule has 0 aromatic carbocycles. The molecular formula is C6H14N2O3. The molecular weight excluding hydrogens is 148 g/mol. The van der Waals surface area contributed by atoms with Gasteiger partial charge in [-0.3, -0.25) is 9.59 Å². The molecule has 0 spiro atoms. The highest BCUT2D eigenvalue weighted by molar-refractivity contribution is 5.72. The summed E-state index contributed by atoms with van der Waals surface area (Å²) in [6.07, 6.45) is 0.495. The minimum absolute atomic E-state index is 0.333. The summed E-state index contributed by atoms with van der Waals surface area (Å²) in [4.78, 5) is 19.0. The number of carboxylic acids is 1. The Hall–Kier alpha value is -1.10. The quantitative estimate of drug-likeness (QED) is 0.499. The van der Waals surface area contributed by atoms with Crippen LogP contribution in [0.3, 0.4) is 0 Å². The summed E-state index contributed by atoms with van der Waals surface area (Å²) >= 11 is 0. The summed E-state index contributed by atoms with van der Waals surface area (Å²) < 4.78 is 0. The fourth-order valence-corrected chi connectivity index (χ4v) is 0.175. The second kappa shape index (κ2) is 7.01. The fraction of sp³-hybridized carbons (Fsp3) is 0.667. The predicted octanol–water partition coefficient (Wildman–Crippen LogP) is -0.700. The Morgan fingerprint density at radius 2 is 1.82 bits per heavy atom. The molecule has 1 unspecified atom stereocenters. The molecule has 5 nitrogen and oxygen atoms in total. The number of amides is 1. The van der Waals surface area contributed by atoms with Gasteiger partial charge in [0.25, 0.3) is 0 Å². The highest BCUT2D eigenvalue weighted by Gasteiger charge is 2.05. The normalized spacial score (nSPS) is 10.8. The van der Waals surface area contributed by atoms with Crippen molar-refractivity contribution in [1.29, 1.82) is 0 Å². The first-order valence-electron chi connectivity index (χ1n) is 3.16. The number of carbonyl (C=O) groups is 2. The van der Waals surface area contributed by atoms with E-state index in [1.54, 1.807) is 6.92 Å². The second-order valence-electron chi connectivity index (χ2n) is 1.96. The van der Waals surface area contributed by atoms with Crippen molar-refractivity contribution in [3.63, 3.8) is 0 Å². The van der Waals surface area contributed by atoms with E-state index in [4.69, 9.17) is 10.8 Å². The highest BCUT2D eigenvalue weighted by Crippen LogP contribution is 1.82. The maximum Gasteiger partial charge on any atom is 0.320 e. The summed E-state index contributed by atoms with van der Waals surface area (Å²) in [5.74, 6) is -1.26. The lowest BCUT2D eigenvalue weighted by Crippen LogP contribution is -2.28. The minimum atomic E-state index is -0.928. The summed E-state index contributed by atoms with van der Waals surface area (Å²) in [6.45, 7) is 3.04. The van der Waals surface area contributed by atoms with Crippen LogP contribution in [0.15, 0.2) is 0 Å². The third kappa shape index (κ3) is 17.6. The van der Waals surface area contributed by atoms with Gasteiger partial charge in [0.15, 0.2) is 0 Å². The minimum Gasteiger partial charge on any atom is -0.480 e. The van der Waals surface area contributed by atoms with Gasteiger partial charge in [-0.2, -0.15) is 0 Å². The van der Waals surface area contributed by atoms with Crippen LogP contribution in [0.4, 0.5) is 0 Å². The molecule has 0 aromatic rings. The van der Waals surface area contributed by atoms with Crippen LogP contribution in [0.1, 0.15) is 20.3 Å². The zero-order valence-electron chi connectivity index (χ0n) is 6.70. The van der Waals surface area contributed by atoms with Gasteiger partial charge in [-0.25, -0.2) is 0 Å². The smallest absolute Gasteiger partial charge is 0.320 e. The number of nitrogens with two attached hydrogens (primary N) is 2. The van der Waals surface area contributed by atoms with E-state index in [0.717, 1.165) is 0 Å². The predicted molar refractivity (Wildman–Crippen MR) is 40.8 cm³/mol. The molecule has 0 aliphatic rings. The summed E-state index contributed by atoms with van der Waals surface area (Å²) in [5, 5.41) is 8.06. The van der Waals surface area contributed by atoms with Crippen LogP contribution in [0.5, 0.6) is 0 Å². The molecule has 66 valence electrons. The lowest BCUT2D eigenvalue weighted by Gasteiger charge is -1.97. The Kier molecular flexibility index (Phi) is 8.01. The molecule has 0 saturated heterocycles. The van der Waals surface area contributed by atoms with Gasteiger partial charge in [0.05, 0.1) is 0 Å². The summed E-state index contributed by atoms with van der Waals surface area (Å²) in [5.41, 5.74) is 9.49. The molecule has 0 heterocycles. The Balaban J connectivity index is 0. The molecule has 5 N–H and O–H groups in total. The van der Waals surface area contributed by atoms with Crippen LogP contribution < -0.4 is 11.5 Å². The molecule has 0 radical (unpaired) electrons. The largest absolute Gasteiger partial charge is 0.480 e. The number of aliphatic carboxylic acids is 1. The molecule has 0 rings (SSSR count). The first-order chi connectivity index (χ1) is 4.91. The maximum absolute atomic E-state index is 9.81. The standard InChI is InChI=1S/C4H9NO2.C2H5NO/c1-2-3(5)4(6)7;1-2(3)4/h3H,2,5H2,1H3,(H,6,7);1H3,(H2,3,4). The lowest BCUT2D eigenvalue weighted by atomic mass is 10.2. The Morgan fingerprint density at radius 3 is 1.82 bits per heavy atom. The van der Waals surface area contributed by atoms with Crippen molar-refractivity contribution in [1.82, 2.24) is 0 Å². The average Bonchev–Trinajstić information content (AvgIpc) is 1.85. The highest BCUT2D eigenvalue weighted by atomic mass is 16.4. The lowest BCUT2D eigenvalue weighted by molar-refractivity contribution is -0.138. The van der Waals surface area contributed by atoms with Gasteiger partial charge in [-0.15, -0.1) is 0 Å². The zero-order valence-corrected chi connectivity index (χ0v) is 6.70. The topological polar surface area (TPSA) is 106 Å². The fourth-order valence-electron chi connectivity index (χ4n) is 0.175. The van der Waals surface area contributed by atoms with Gasteiger partial charge in [-0.1, -0.05) is 6.92 Å². The van der Waals surface area contributed by atoms with Crippen molar-refractivity contribution in [2.24, 2.45) is 11.5 Å². The molecule has 1 atom stereocenters. The first-order valence-corrected chi connectivity index (χ1v) is 3.16. The van der Waals surface area contributed by atoms with E-state index < -0.39 is 12.0 Å². The maximum atomic E-state index is 9.81. The number of hydrogen-bond donors (Lipinski definition) is 3. The first kappa shape index (κ1) is 12.6. The van der Waals surface area contributed by atoms with Crippen LogP contribution >= 0.6 is 0 Å². The molecule has 0 saturated carbocycles. The number of carboxylic acid groups (broad SMARTS) is 1. The van der Waals surface area contributed by atoms with Crippen LogP contribution in [-0.4, -0.2) is 23.0 Å². The van der Waals surface area contributed by atoms with Crippen LogP contribution in [-0.2, 0) is 9.59 Å². The summed E-state index contributed by atoms with van der Waals surface area (Å²) in [7, 11) is 0. The van der Waals surface area contributed by atoms with Crippen molar-refractivity contribution in [3.8, 4) is 0 Å². The van der Waals surface area contributed by atoms with Crippen molar-refractivity contribution in [2.45, 2.75) is 26.3 Å². The van der Waals surface area contributed by atoms with E-state index in [-0.39, 0.29) is 5.91 Å². The van der Waals surface area contributed by atoms with E-state index in [2.05, 4.69) is 5.73 Å². The van der Waals surface area contributed by atoms with Crippen molar-refractivity contribution in [3.05, 3.63) is 0 Å². The molecule has 0 aliphatic carbocycles. The number of carbonyl (C=O) groups excluding carboxylic acids is 1. The molecule has 0 fully saturated rings. The average molecular weight is 162 g/mol. The molecule has 0 aromatic heterocycles. The Morgan fingerprint density at radius 1 is 1.55 bits per heavy atom. The van der Waals surface area contributed by atoms with E-state index >= 15 is 0 Å². The third-order valence-electron chi connectivity index (χ3n) is 0.757. The number of hydrogen-bond acceptors (Lipinski definition) is 3. The van der Waals surface area contributed by atoms with Gasteiger partial charge in [0.2, 0.25) is 5.91 Å². The Labute approximate surface area is 65.4 Å². The number of rotatable bonds is 2. The third-order valence-corrected chi connectivity index (χ3v) is 0.757. The van der Waals surface area contributed by atoms with E-state index in [0.29, 0.717) is 6.42 Å². The molecule has 1 amide bonds. The van der Waals surface area contributed by atoms with Gasteiger partial charge in [-0.05, 0) is 6.42 Å². The second-order valence-corrected chi connectivity index (χ2v) is 1.96. The van der Waals surface area contributed by atoms with Gasteiger partial charge < -0.3 is 16.6 Å². The van der Waals surface area contributed by atoms with Gasteiger partial charge in [0.1, 0.15) is 6.04 Å². The molecule has 0 bridgehead atoms. The molecule has 0 aliphatic heterocycles. The van der Waals surface area contributed by atoms with E-state index in [1.165, 1.54) is 6.92 Å². The van der Waals surface area contributed by atoms with Gasteiger partial charge in [0, 0.05) is 6.92 Å². The van der Waals surface area contributed by atoms with Crippen LogP contribution in [0, 0.1) is 0 Å². The molecule has 11 heavy (non-hydrogen) atoms. The van der Waals surface area contributed by atoms with Crippen molar-refractivity contribution in [2.75, 3.05) is 0 Å². The van der Waals surface area contributed by atoms with E-state index in [1.807, 2.05) is 0 Å². The van der Waals surface area contributed by atoms with Crippen molar-refractivity contribution < 1.29 is 14.7 Å². The Bertz CT molecular complexity index is 132. The monoisotopic (exact) mass is 162 g/mol. The summed E-state index contributed by atoms with van der Waals surface area (Å²) in [6, 6.07) is -0.681. The van der Waals surface area contributed by atoms with Crippen LogP contribution in [0.25, 0.3) is 0 Å². The SMILES string of the molecule is CC(N)=O.CCC(N)C(=O)O. The van der Waals surface area contributed by atoms with Gasteiger partial charge >= 0.3 is 5.97 Å². The zero-order chi connectivity index (χ0) is 9.44. The number of primary amides is 1.